The summed E-state index contributed by atoms with van der Waals surface area (Å²) in [6.07, 6.45) is 0. The molecule has 2 heteroatoms. The second-order valence-electron chi connectivity index (χ2n) is 18.0. The fourth-order valence-electron chi connectivity index (χ4n) is 9.66. The number of benzene rings is 10. The van der Waals surface area contributed by atoms with Crippen molar-refractivity contribution in [2.75, 3.05) is 9.80 Å². The summed E-state index contributed by atoms with van der Waals surface area (Å²) in [5.74, 6) is 0. The second kappa shape index (κ2) is 15.4. The van der Waals surface area contributed by atoms with Gasteiger partial charge in [0.1, 0.15) is 0 Å². The van der Waals surface area contributed by atoms with Gasteiger partial charge in [-0.2, -0.15) is 0 Å². The minimum Gasteiger partial charge on any atom is -0.309 e. The van der Waals surface area contributed by atoms with Gasteiger partial charge in [0.15, 0.2) is 0 Å². The molecule has 0 aliphatic rings. The van der Waals surface area contributed by atoms with Gasteiger partial charge in [0.2, 0.25) is 0 Å². The maximum atomic E-state index is 2.56. The van der Waals surface area contributed by atoms with E-state index >= 15 is 0 Å². The van der Waals surface area contributed by atoms with E-state index in [4.69, 9.17) is 0 Å². The third kappa shape index (κ3) is 6.59. The van der Waals surface area contributed by atoms with E-state index in [9.17, 15) is 0 Å². The molecule has 10 aromatic rings. The molecule has 0 saturated carbocycles. The molecule has 0 N–H and O–H groups in total. The van der Waals surface area contributed by atoms with Gasteiger partial charge in [-0.25, -0.2) is 0 Å². The molecule has 0 aromatic heterocycles. The molecule has 0 heterocycles. The van der Waals surface area contributed by atoms with Crippen molar-refractivity contribution in [3.63, 3.8) is 0 Å². The minimum absolute atomic E-state index is 0.00138. The highest BCUT2D eigenvalue weighted by Gasteiger charge is 2.29. The number of anilines is 6. The van der Waals surface area contributed by atoms with Gasteiger partial charge in [-0.1, -0.05) is 191 Å². The molecule has 0 radical (unpaired) electrons. The van der Waals surface area contributed by atoms with E-state index in [1.165, 1.54) is 93.8 Å². The van der Waals surface area contributed by atoms with Gasteiger partial charge in [-0.3, -0.25) is 0 Å². The second-order valence-corrected chi connectivity index (χ2v) is 18.0. The molecular weight excluding hydrogens is 749 g/mol. The largest absolute Gasteiger partial charge is 0.309 e. The van der Waals surface area contributed by atoms with Crippen molar-refractivity contribution in [2.45, 2.75) is 53.9 Å². The predicted octanol–water partition coefficient (Wildman–Crippen LogP) is 17.4. The molecule has 0 spiro atoms. The van der Waals surface area contributed by atoms with Crippen LogP contribution in [0.15, 0.2) is 188 Å². The highest BCUT2D eigenvalue weighted by atomic mass is 15.2. The normalized spacial score (nSPS) is 11.8. The number of hydrogen-bond acceptors (Lipinski definition) is 2. The Hall–Kier alpha value is -7.16. The number of rotatable bonds is 8. The fourth-order valence-corrected chi connectivity index (χ4v) is 9.66. The zero-order valence-corrected chi connectivity index (χ0v) is 36.8. The van der Waals surface area contributed by atoms with Crippen LogP contribution in [0.5, 0.6) is 0 Å². The Labute approximate surface area is 366 Å². The number of nitrogens with zero attached hydrogens (tertiary/aromatic N) is 2. The van der Waals surface area contributed by atoms with E-state index in [-0.39, 0.29) is 5.41 Å². The molecule has 10 aromatic carbocycles. The van der Waals surface area contributed by atoms with Crippen LogP contribution in [0.25, 0.3) is 54.6 Å². The van der Waals surface area contributed by atoms with Crippen LogP contribution in [0.1, 0.15) is 48.6 Å². The maximum Gasteiger partial charge on any atom is 0.0569 e. The summed E-state index contributed by atoms with van der Waals surface area (Å²) in [4.78, 5) is 5.13. The molecular formula is C60H52N2. The zero-order chi connectivity index (χ0) is 42.7. The quantitative estimate of drug-likeness (QED) is 0.141. The average Bonchev–Trinajstić information content (AvgIpc) is 3.28. The van der Waals surface area contributed by atoms with Crippen molar-refractivity contribution in [1.82, 2.24) is 0 Å². The Morgan fingerprint density at radius 1 is 0.339 bits per heavy atom. The van der Waals surface area contributed by atoms with E-state index in [0.717, 1.165) is 22.7 Å². The first-order chi connectivity index (χ1) is 30.1. The maximum absolute atomic E-state index is 2.56. The van der Waals surface area contributed by atoms with Crippen molar-refractivity contribution < 1.29 is 0 Å². The first-order valence-electron chi connectivity index (χ1n) is 21.9. The first-order valence-corrected chi connectivity index (χ1v) is 21.9. The van der Waals surface area contributed by atoms with Gasteiger partial charge in [-0.15, -0.1) is 0 Å². The van der Waals surface area contributed by atoms with E-state index in [0.29, 0.717) is 0 Å². The number of aryl methyl sites for hydroxylation is 4. The molecule has 0 aliphatic carbocycles. The van der Waals surface area contributed by atoms with Gasteiger partial charge >= 0.3 is 0 Å². The lowest BCUT2D eigenvalue weighted by Crippen LogP contribution is -2.18. The monoisotopic (exact) mass is 800 g/mol. The molecule has 2 nitrogen and oxygen atoms in total. The van der Waals surface area contributed by atoms with Crippen LogP contribution in [0.4, 0.5) is 34.1 Å². The Balaban J connectivity index is 1.41. The Kier molecular flexibility index (Phi) is 9.68. The van der Waals surface area contributed by atoms with E-state index in [1.807, 2.05) is 0 Å². The minimum atomic E-state index is 0.00138. The van der Waals surface area contributed by atoms with Crippen LogP contribution in [0.2, 0.25) is 0 Å². The van der Waals surface area contributed by atoms with Gasteiger partial charge in [-0.05, 0) is 106 Å². The SMILES string of the molecule is Cc1ccccc1N(c1c(C)cccc1-c1ccccc1)c1cc(N(c2ccccc2C)c2c(C)cccc2-c2ccccc2)c2ccc3cc(C(C)(C)C)cc4ccc1c2c43. The molecule has 10 rings (SSSR count). The molecule has 0 unspecified atom stereocenters. The topological polar surface area (TPSA) is 6.48 Å². The van der Waals surface area contributed by atoms with Gasteiger partial charge in [0.25, 0.3) is 0 Å². The Bertz CT molecular complexity index is 3060. The van der Waals surface area contributed by atoms with Crippen LogP contribution in [0, 0.1) is 27.7 Å². The Morgan fingerprint density at radius 2 is 0.742 bits per heavy atom. The van der Waals surface area contributed by atoms with Crippen molar-refractivity contribution in [3.8, 4) is 22.3 Å². The lowest BCUT2D eigenvalue weighted by molar-refractivity contribution is 0.591. The summed E-state index contributed by atoms with van der Waals surface area (Å²) in [6.45, 7) is 16.0. The molecule has 302 valence electrons. The van der Waals surface area contributed by atoms with Gasteiger partial charge in [0.05, 0.1) is 22.7 Å². The molecule has 0 bridgehead atoms. The van der Waals surface area contributed by atoms with E-state index < -0.39 is 0 Å². The van der Waals surface area contributed by atoms with Crippen molar-refractivity contribution in [3.05, 3.63) is 216 Å². The van der Waals surface area contributed by atoms with Crippen LogP contribution in [0.3, 0.4) is 0 Å². The summed E-state index contributed by atoms with van der Waals surface area (Å²) in [5.41, 5.74) is 17.8. The van der Waals surface area contributed by atoms with Gasteiger partial charge < -0.3 is 9.80 Å². The highest BCUT2D eigenvalue weighted by molar-refractivity contribution is 6.29. The van der Waals surface area contributed by atoms with Crippen LogP contribution in [-0.4, -0.2) is 0 Å². The van der Waals surface area contributed by atoms with Crippen molar-refractivity contribution in [1.29, 1.82) is 0 Å². The summed E-state index contributed by atoms with van der Waals surface area (Å²) in [6, 6.07) is 69.8. The van der Waals surface area contributed by atoms with E-state index in [1.54, 1.807) is 0 Å². The van der Waals surface area contributed by atoms with Crippen LogP contribution in [-0.2, 0) is 5.41 Å². The molecule has 62 heavy (non-hydrogen) atoms. The van der Waals surface area contributed by atoms with Crippen molar-refractivity contribution >= 4 is 66.4 Å². The average molecular weight is 801 g/mol. The summed E-state index contributed by atoms with van der Waals surface area (Å²) >= 11 is 0. The highest BCUT2D eigenvalue weighted by Crippen LogP contribution is 2.54. The lowest BCUT2D eigenvalue weighted by Gasteiger charge is -2.36. The van der Waals surface area contributed by atoms with Crippen molar-refractivity contribution in [2.24, 2.45) is 0 Å². The Morgan fingerprint density at radius 3 is 1.16 bits per heavy atom. The number of hydrogen-bond donors (Lipinski definition) is 0. The smallest absolute Gasteiger partial charge is 0.0569 e. The molecule has 0 saturated heterocycles. The predicted molar refractivity (Wildman–Crippen MR) is 268 cm³/mol. The summed E-state index contributed by atoms with van der Waals surface area (Å²) < 4.78 is 0. The lowest BCUT2D eigenvalue weighted by atomic mass is 9.83. The summed E-state index contributed by atoms with van der Waals surface area (Å²) in [5, 5.41) is 7.53. The van der Waals surface area contributed by atoms with Crippen LogP contribution >= 0.6 is 0 Å². The number of para-hydroxylation sites is 4. The van der Waals surface area contributed by atoms with Crippen LogP contribution < -0.4 is 9.80 Å². The molecule has 0 atom stereocenters. The third-order valence-corrected chi connectivity index (χ3v) is 12.8. The third-order valence-electron chi connectivity index (χ3n) is 12.8. The molecule has 0 aliphatic heterocycles. The molecule has 0 fully saturated rings. The van der Waals surface area contributed by atoms with E-state index in [2.05, 4.69) is 246 Å². The van der Waals surface area contributed by atoms with Gasteiger partial charge in [0, 0.05) is 38.7 Å². The summed E-state index contributed by atoms with van der Waals surface area (Å²) in [7, 11) is 0. The standard InChI is InChI=1S/C60H52N2/c1-39-20-14-16-30-52(39)61(58-41(3)22-18-28-48(58)43-24-10-8-11-25-43)54-38-55(51-35-33-46-37-47(60(5,6)7)36-45-32-34-50(54)57(51)56(45)46)62(53-31-17-15-21-40(53)2)59-42(4)23-19-29-49(59)44-26-12-9-13-27-44/h8-38H,1-7H3. The first kappa shape index (κ1) is 39.0. The fraction of sp³-hybridized carbons (Fsp3) is 0.133. The molecule has 0 amide bonds. The zero-order valence-electron chi connectivity index (χ0n) is 36.8.